The Balaban J connectivity index is 0.848. The lowest BCUT2D eigenvalue weighted by atomic mass is 9.80. The second-order valence-electron chi connectivity index (χ2n) is 18.7. The molecule has 0 saturated heterocycles. The Hall–Kier alpha value is -7.56. The highest BCUT2D eigenvalue weighted by atomic mass is 14.8. The van der Waals surface area contributed by atoms with Crippen molar-refractivity contribution in [1.82, 2.24) is 15.0 Å². The second-order valence-corrected chi connectivity index (χ2v) is 18.7. The zero-order valence-electron chi connectivity index (χ0n) is 36.5. The Labute approximate surface area is 374 Å². The smallest absolute Gasteiger partial charge is 0.0973 e. The van der Waals surface area contributed by atoms with Crippen LogP contribution >= 0.6 is 0 Å². The number of hydrogen-bond acceptors (Lipinski definition) is 4. The maximum Gasteiger partial charge on any atom is 0.0973 e. The van der Waals surface area contributed by atoms with Gasteiger partial charge in [0.1, 0.15) is 0 Å². The van der Waals surface area contributed by atoms with E-state index in [1.807, 2.05) is 49.1 Å². The highest BCUT2D eigenvalue weighted by molar-refractivity contribution is 5.90. The fourth-order valence-corrected chi connectivity index (χ4v) is 10.6. The Bertz CT molecular complexity index is 3390. The molecular weight excluding hydrogens is 777 g/mol. The molecule has 2 aliphatic carbocycles. The van der Waals surface area contributed by atoms with Crippen molar-refractivity contribution in [3.05, 3.63) is 210 Å². The van der Waals surface area contributed by atoms with Gasteiger partial charge in [0.2, 0.25) is 0 Å². The van der Waals surface area contributed by atoms with Crippen LogP contribution in [-0.4, -0.2) is 21.2 Å². The van der Waals surface area contributed by atoms with Crippen molar-refractivity contribution in [2.75, 3.05) is 0 Å². The molecule has 1 atom stereocenters. The first-order chi connectivity index (χ1) is 31.2. The molecule has 0 N–H and O–H groups in total. The van der Waals surface area contributed by atoms with Gasteiger partial charge in [0.05, 0.1) is 22.4 Å². The summed E-state index contributed by atoms with van der Waals surface area (Å²) < 4.78 is 0. The van der Waals surface area contributed by atoms with Crippen molar-refractivity contribution in [1.29, 1.82) is 0 Å². The van der Waals surface area contributed by atoms with Crippen LogP contribution in [0, 0.1) is 0 Å². The number of allylic oxidation sites excluding steroid dienone is 1. The monoisotopic (exact) mass is 822 g/mol. The highest BCUT2D eigenvalue weighted by Crippen LogP contribution is 2.52. The molecule has 0 amide bonds. The van der Waals surface area contributed by atoms with E-state index in [9.17, 15) is 0 Å². The molecule has 0 saturated carbocycles. The summed E-state index contributed by atoms with van der Waals surface area (Å²) >= 11 is 0. The van der Waals surface area contributed by atoms with Crippen molar-refractivity contribution in [3.63, 3.8) is 0 Å². The highest BCUT2D eigenvalue weighted by Gasteiger charge is 2.37. The molecule has 0 radical (unpaired) electrons. The van der Waals surface area contributed by atoms with Crippen LogP contribution in [0.4, 0.5) is 0 Å². The molecule has 2 aromatic heterocycles. The van der Waals surface area contributed by atoms with Crippen LogP contribution in [0.3, 0.4) is 0 Å². The van der Waals surface area contributed by atoms with Crippen LogP contribution in [-0.2, 0) is 10.8 Å². The third kappa shape index (κ3) is 6.12. The average molecular weight is 823 g/mol. The number of nitrogens with zero attached hydrogens (tertiary/aromatic N) is 4. The maximum atomic E-state index is 5.26. The SMILES string of the molecule is CC1(C)c2cc(-c3ccncc3)ccc2-c2ccc(-c3ccc(-c4nc5ccccc5nc4-c4ccc(-c5ccc6c(c5)C(C)(C)c5cc(C7C=CN=CC7)ccc5-6)cc4)cc3)cc21. The van der Waals surface area contributed by atoms with E-state index >= 15 is 0 Å². The second kappa shape index (κ2) is 14.5. The van der Waals surface area contributed by atoms with Gasteiger partial charge in [-0.25, -0.2) is 9.97 Å². The van der Waals surface area contributed by atoms with E-state index in [4.69, 9.17) is 9.97 Å². The third-order valence-corrected chi connectivity index (χ3v) is 14.2. The van der Waals surface area contributed by atoms with Crippen LogP contribution in [0.15, 0.2) is 187 Å². The Kier molecular flexibility index (Phi) is 8.64. The minimum Gasteiger partial charge on any atom is -0.269 e. The third-order valence-electron chi connectivity index (χ3n) is 14.2. The number of para-hydroxylation sites is 2. The molecule has 3 heterocycles. The fraction of sp³-hybridized carbons (Fsp3) is 0.133. The standard InChI is InChI=1S/C60H46N4/c1-59(2)51-33-43(17-21-47(51)49-23-19-45(35-53(49)59)39-25-29-61-30-26-39)37-9-13-41(14-10-37)57-58(64-56-8-6-5-7-55(56)63-57)42-15-11-38(12-16-42)44-18-22-48-50-24-20-46(40-27-31-62-32-28-40)36-54(50)60(3,4)52(48)34-44/h5-27,29-36,40H,28H2,1-4H3. The summed E-state index contributed by atoms with van der Waals surface area (Å²) in [6.07, 6.45) is 10.8. The van der Waals surface area contributed by atoms with E-state index in [-0.39, 0.29) is 10.8 Å². The van der Waals surface area contributed by atoms with Gasteiger partial charge in [0.15, 0.2) is 0 Å². The zero-order valence-corrected chi connectivity index (χ0v) is 36.5. The number of hydrogen-bond donors (Lipinski definition) is 0. The predicted molar refractivity (Wildman–Crippen MR) is 265 cm³/mol. The molecule has 0 fully saturated rings. The van der Waals surface area contributed by atoms with E-state index < -0.39 is 0 Å². The number of aromatic nitrogens is 3. The summed E-state index contributed by atoms with van der Waals surface area (Å²) in [5.74, 6) is 0.375. The lowest BCUT2D eigenvalue weighted by Gasteiger charge is -2.23. The summed E-state index contributed by atoms with van der Waals surface area (Å²) in [5.41, 5.74) is 24.7. The van der Waals surface area contributed by atoms with Gasteiger partial charge < -0.3 is 0 Å². The number of benzene rings is 7. The van der Waals surface area contributed by atoms with Crippen molar-refractivity contribution in [2.45, 2.75) is 50.9 Å². The molecule has 0 bridgehead atoms. The summed E-state index contributed by atoms with van der Waals surface area (Å²) in [6, 6.07) is 58.0. The van der Waals surface area contributed by atoms with E-state index in [0.717, 1.165) is 40.0 Å². The molecule has 7 aromatic carbocycles. The summed E-state index contributed by atoms with van der Waals surface area (Å²) in [7, 11) is 0. The van der Waals surface area contributed by atoms with Crippen molar-refractivity contribution >= 4 is 17.2 Å². The van der Waals surface area contributed by atoms with Gasteiger partial charge in [-0.3, -0.25) is 9.98 Å². The normalized spacial score (nSPS) is 16.0. The first kappa shape index (κ1) is 38.1. The summed E-state index contributed by atoms with van der Waals surface area (Å²) in [6.45, 7) is 9.43. The quantitative estimate of drug-likeness (QED) is 0.168. The minimum atomic E-state index is -0.134. The molecule has 9 aromatic rings. The molecule has 4 nitrogen and oxygen atoms in total. The van der Waals surface area contributed by atoms with Crippen LogP contribution < -0.4 is 0 Å². The van der Waals surface area contributed by atoms with Gasteiger partial charge in [-0.2, -0.15) is 0 Å². The van der Waals surface area contributed by atoms with E-state index in [1.54, 1.807) is 0 Å². The van der Waals surface area contributed by atoms with Gasteiger partial charge in [-0.15, -0.1) is 0 Å². The maximum absolute atomic E-state index is 5.26. The number of aliphatic imine (C=N–C) groups is 1. The van der Waals surface area contributed by atoms with E-state index in [1.165, 1.54) is 83.5 Å². The molecule has 1 aliphatic heterocycles. The van der Waals surface area contributed by atoms with Gasteiger partial charge >= 0.3 is 0 Å². The molecule has 12 rings (SSSR count). The predicted octanol–water partition coefficient (Wildman–Crippen LogP) is 15.0. The number of fused-ring (bicyclic) bond motifs is 7. The van der Waals surface area contributed by atoms with Crippen LogP contribution in [0.1, 0.15) is 67.9 Å². The fourth-order valence-electron chi connectivity index (χ4n) is 10.6. The Morgan fingerprint density at radius 1 is 0.422 bits per heavy atom. The lowest BCUT2D eigenvalue weighted by molar-refractivity contribution is 0.658. The topological polar surface area (TPSA) is 51.0 Å². The van der Waals surface area contributed by atoms with Gasteiger partial charge in [-0.1, -0.05) is 149 Å². The lowest BCUT2D eigenvalue weighted by Crippen LogP contribution is -2.15. The van der Waals surface area contributed by atoms with E-state index in [2.05, 4.69) is 177 Å². The minimum absolute atomic E-state index is 0.108. The van der Waals surface area contributed by atoms with E-state index in [0.29, 0.717) is 5.92 Å². The molecule has 306 valence electrons. The van der Waals surface area contributed by atoms with Crippen LogP contribution in [0.5, 0.6) is 0 Å². The molecule has 4 heteroatoms. The van der Waals surface area contributed by atoms with Gasteiger partial charge in [0.25, 0.3) is 0 Å². The summed E-state index contributed by atoms with van der Waals surface area (Å²) in [5, 5.41) is 0. The zero-order chi connectivity index (χ0) is 43.2. The molecule has 64 heavy (non-hydrogen) atoms. The largest absolute Gasteiger partial charge is 0.269 e. The van der Waals surface area contributed by atoms with Gasteiger partial charge in [-0.05, 0) is 132 Å². The molecule has 3 aliphatic rings. The van der Waals surface area contributed by atoms with Crippen LogP contribution in [0.25, 0.3) is 89.2 Å². The van der Waals surface area contributed by atoms with Crippen molar-refractivity contribution in [2.24, 2.45) is 4.99 Å². The molecule has 1 unspecified atom stereocenters. The first-order valence-corrected chi connectivity index (χ1v) is 22.4. The molecular formula is C60H46N4. The first-order valence-electron chi connectivity index (χ1n) is 22.4. The number of rotatable bonds is 6. The van der Waals surface area contributed by atoms with Crippen molar-refractivity contribution in [3.8, 4) is 78.1 Å². The Morgan fingerprint density at radius 2 is 0.828 bits per heavy atom. The summed E-state index contributed by atoms with van der Waals surface area (Å²) in [4.78, 5) is 19.0. The van der Waals surface area contributed by atoms with Crippen molar-refractivity contribution < 1.29 is 0 Å². The Morgan fingerprint density at radius 3 is 1.28 bits per heavy atom. The average Bonchev–Trinajstić information content (AvgIpc) is 3.72. The number of pyridine rings is 1. The van der Waals surface area contributed by atoms with Gasteiger partial charge in [0, 0.05) is 52.7 Å². The molecule has 0 spiro atoms. The van der Waals surface area contributed by atoms with Crippen LogP contribution in [0.2, 0.25) is 0 Å².